The number of fused-ring (bicyclic) bond motifs is 5. The highest BCUT2D eigenvalue weighted by atomic mass is 16.3. The average Bonchev–Trinajstić information content (AvgIpc) is 3.08. The quantitative estimate of drug-likeness (QED) is 0.475. The normalized spacial score (nSPS) is 48.7. The van der Waals surface area contributed by atoms with Crippen molar-refractivity contribution < 1.29 is 15.0 Å². The van der Waals surface area contributed by atoms with E-state index in [1.54, 1.807) is 0 Å². The van der Waals surface area contributed by atoms with Crippen molar-refractivity contribution in [2.75, 3.05) is 0 Å². The van der Waals surface area contributed by atoms with Gasteiger partial charge in [0.05, 0.1) is 11.7 Å². The van der Waals surface area contributed by atoms with Crippen molar-refractivity contribution in [1.82, 2.24) is 0 Å². The fourth-order valence-corrected chi connectivity index (χ4v) is 10.2. The molecule has 4 rings (SSSR count). The summed E-state index contributed by atoms with van der Waals surface area (Å²) in [5.74, 6) is 2.02. The van der Waals surface area contributed by atoms with Crippen LogP contribution >= 0.6 is 0 Å². The maximum Gasteiger partial charge on any atom is 0.137 e. The van der Waals surface area contributed by atoms with Gasteiger partial charge in [0.15, 0.2) is 0 Å². The third-order valence-electron chi connectivity index (χ3n) is 12.4. The molecule has 0 aromatic carbocycles. The topological polar surface area (TPSA) is 57.5 Å². The number of Topliss-reactive ketones (excluding diaryl/α,β-unsaturated/α-hetero) is 1. The van der Waals surface area contributed by atoms with E-state index in [1.165, 1.54) is 0 Å². The summed E-state index contributed by atoms with van der Waals surface area (Å²) in [6.45, 7) is 18.4. The summed E-state index contributed by atoms with van der Waals surface area (Å²) in [6.07, 6.45) is 9.66. The highest BCUT2D eigenvalue weighted by Crippen LogP contribution is 2.75. The molecule has 0 aliphatic heterocycles. The fourth-order valence-electron chi connectivity index (χ4n) is 10.2. The van der Waals surface area contributed by atoms with Crippen LogP contribution in [-0.2, 0) is 4.79 Å². The molecule has 3 heteroatoms. The Morgan fingerprint density at radius 3 is 2.24 bits per heavy atom. The van der Waals surface area contributed by atoms with Crippen molar-refractivity contribution in [3.63, 3.8) is 0 Å². The van der Waals surface area contributed by atoms with Crippen LogP contribution in [0.1, 0.15) is 120 Å². The van der Waals surface area contributed by atoms with E-state index in [4.69, 9.17) is 0 Å². The molecule has 2 N–H and O–H groups in total. The lowest BCUT2D eigenvalue weighted by atomic mass is 9.35. The maximum atomic E-state index is 14.0. The zero-order chi connectivity index (χ0) is 24.6. The van der Waals surface area contributed by atoms with Crippen LogP contribution in [0.15, 0.2) is 0 Å². The molecule has 4 saturated carbocycles. The van der Waals surface area contributed by atoms with Gasteiger partial charge >= 0.3 is 0 Å². The van der Waals surface area contributed by atoms with Crippen LogP contribution in [0.25, 0.3) is 0 Å². The van der Waals surface area contributed by atoms with Crippen LogP contribution in [0.5, 0.6) is 0 Å². The summed E-state index contributed by atoms with van der Waals surface area (Å²) in [5.41, 5.74) is -0.648. The highest BCUT2D eigenvalue weighted by molar-refractivity contribution is 5.84. The molecule has 0 bridgehead atoms. The molecule has 2 unspecified atom stereocenters. The molecule has 0 aromatic heterocycles. The van der Waals surface area contributed by atoms with Gasteiger partial charge in [0, 0.05) is 12.3 Å². The third-order valence-corrected chi connectivity index (χ3v) is 12.4. The zero-order valence-electron chi connectivity index (χ0n) is 22.8. The van der Waals surface area contributed by atoms with Gasteiger partial charge in [0.1, 0.15) is 5.78 Å². The summed E-state index contributed by atoms with van der Waals surface area (Å²) in [6, 6.07) is 0. The maximum absolute atomic E-state index is 14.0. The lowest BCUT2D eigenvalue weighted by Crippen LogP contribution is -2.65. The number of rotatable bonds is 5. The molecule has 3 nitrogen and oxygen atoms in total. The average molecular weight is 461 g/mol. The molecule has 4 aliphatic carbocycles. The molecule has 0 spiro atoms. The van der Waals surface area contributed by atoms with E-state index in [-0.39, 0.29) is 39.6 Å². The van der Waals surface area contributed by atoms with E-state index in [0.29, 0.717) is 30.0 Å². The number of aliphatic hydroxyl groups is 2. The van der Waals surface area contributed by atoms with Crippen LogP contribution < -0.4 is 0 Å². The molecule has 9 atom stereocenters. The Labute approximate surface area is 203 Å². The van der Waals surface area contributed by atoms with E-state index < -0.39 is 5.60 Å². The van der Waals surface area contributed by atoms with Crippen LogP contribution in [0, 0.1) is 51.2 Å². The van der Waals surface area contributed by atoms with E-state index in [2.05, 4.69) is 48.5 Å². The SMILES string of the molecule is CC(C)CCC[C@@](C)(O)[C@H]1CC[C@]2(C)[C@@H]1C(=O)C[C@@H]1[C@@]3(C)CCC(O)C(C)(C)C3CC[C@]12C. The minimum absolute atomic E-state index is 0.00450. The minimum Gasteiger partial charge on any atom is -0.393 e. The number of hydrogen-bond donors (Lipinski definition) is 2. The molecule has 190 valence electrons. The molecule has 0 heterocycles. The molecular weight excluding hydrogens is 408 g/mol. The lowest BCUT2D eigenvalue weighted by molar-refractivity contribution is -0.221. The first-order valence-electron chi connectivity index (χ1n) is 14.0. The Balaban J connectivity index is 1.65. The van der Waals surface area contributed by atoms with Gasteiger partial charge in [0.25, 0.3) is 0 Å². The monoisotopic (exact) mass is 460 g/mol. The predicted molar refractivity (Wildman–Crippen MR) is 135 cm³/mol. The fraction of sp³-hybridized carbons (Fsp3) is 0.967. The van der Waals surface area contributed by atoms with Crippen molar-refractivity contribution in [2.45, 2.75) is 131 Å². The molecule has 4 aliphatic rings. The summed E-state index contributed by atoms with van der Waals surface area (Å²) in [7, 11) is 0. The minimum atomic E-state index is -0.756. The summed E-state index contributed by atoms with van der Waals surface area (Å²) < 4.78 is 0. The van der Waals surface area contributed by atoms with Gasteiger partial charge in [-0.05, 0) is 97.2 Å². The van der Waals surface area contributed by atoms with Gasteiger partial charge in [-0.3, -0.25) is 4.79 Å². The van der Waals surface area contributed by atoms with Crippen molar-refractivity contribution in [2.24, 2.45) is 51.2 Å². The molecule has 33 heavy (non-hydrogen) atoms. The number of ketones is 1. The van der Waals surface area contributed by atoms with Gasteiger partial charge in [-0.15, -0.1) is 0 Å². The summed E-state index contributed by atoms with van der Waals surface area (Å²) >= 11 is 0. The van der Waals surface area contributed by atoms with Crippen LogP contribution in [0.4, 0.5) is 0 Å². The molecule has 0 aromatic rings. The van der Waals surface area contributed by atoms with E-state index in [1.807, 2.05) is 6.92 Å². The van der Waals surface area contributed by atoms with Gasteiger partial charge in [-0.1, -0.05) is 61.3 Å². The van der Waals surface area contributed by atoms with Crippen molar-refractivity contribution >= 4 is 5.78 Å². The molecule has 0 radical (unpaired) electrons. The van der Waals surface area contributed by atoms with Gasteiger partial charge in [-0.25, -0.2) is 0 Å². The van der Waals surface area contributed by atoms with Gasteiger partial charge < -0.3 is 10.2 Å². The van der Waals surface area contributed by atoms with Crippen molar-refractivity contribution in [3.8, 4) is 0 Å². The molecule has 0 amide bonds. The second kappa shape index (κ2) is 8.05. The Hall–Kier alpha value is -0.410. The molecule has 4 fully saturated rings. The largest absolute Gasteiger partial charge is 0.393 e. The Morgan fingerprint density at radius 1 is 0.970 bits per heavy atom. The van der Waals surface area contributed by atoms with Crippen LogP contribution in [-0.4, -0.2) is 27.7 Å². The first kappa shape index (κ1) is 25.7. The molecular formula is C30H52O3. The van der Waals surface area contributed by atoms with E-state index in [0.717, 1.165) is 57.8 Å². The Bertz CT molecular complexity index is 769. The smallest absolute Gasteiger partial charge is 0.137 e. The van der Waals surface area contributed by atoms with Crippen molar-refractivity contribution in [1.29, 1.82) is 0 Å². The van der Waals surface area contributed by atoms with E-state index >= 15 is 0 Å². The number of aliphatic hydroxyl groups excluding tert-OH is 1. The second-order valence-corrected chi connectivity index (χ2v) is 14.8. The molecule has 0 saturated heterocycles. The van der Waals surface area contributed by atoms with Gasteiger partial charge in [0.2, 0.25) is 0 Å². The first-order valence-corrected chi connectivity index (χ1v) is 14.0. The second-order valence-electron chi connectivity index (χ2n) is 14.8. The highest BCUT2D eigenvalue weighted by Gasteiger charge is 2.71. The standard InChI is InChI=1S/C30H52O3/c1-19(2)10-9-14-30(8,33)20-11-16-29(7)25(20)21(31)18-23-27(5)15-13-24(32)26(3,4)22(27)12-17-28(23,29)6/h19-20,22-25,32-33H,9-18H2,1-8H3/t20-,22?,23+,24?,25-,27-,28+,29+,30+/m0/s1. The predicted octanol–water partition coefficient (Wildman–Crippen LogP) is 6.79. The third kappa shape index (κ3) is 3.61. The summed E-state index contributed by atoms with van der Waals surface area (Å²) in [4.78, 5) is 14.0. The van der Waals surface area contributed by atoms with Gasteiger partial charge in [-0.2, -0.15) is 0 Å². The van der Waals surface area contributed by atoms with Crippen LogP contribution in [0.2, 0.25) is 0 Å². The lowest BCUT2D eigenvalue weighted by Gasteiger charge is -2.69. The van der Waals surface area contributed by atoms with E-state index in [9.17, 15) is 15.0 Å². The summed E-state index contributed by atoms with van der Waals surface area (Å²) in [5, 5.41) is 22.5. The Kier molecular flexibility index (Phi) is 6.26. The number of hydrogen-bond acceptors (Lipinski definition) is 3. The number of carbonyl (C=O) groups excluding carboxylic acids is 1. The zero-order valence-corrected chi connectivity index (χ0v) is 22.8. The first-order chi connectivity index (χ1) is 15.1. The van der Waals surface area contributed by atoms with Crippen molar-refractivity contribution in [3.05, 3.63) is 0 Å². The van der Waals surface area contributed by atoms with Crippen LogP contribution in [0.3, 0.4) is 0 Å². The number of carbonyl (C=O) groups is 1. The Morgan fingerprint density at radius 2 is 1.61 bits per heavy atom.